The van der Waals surface area contributed by atoms with Gasteiger partial charge in [-0.1, -0.05) is 12.1 Å². The third-order valence-corrected chi connectivity index (χ3v) is 3.12. The molecular weight excluding hydrogens is 252 g/mol. The van der Waals surface area contributed by atoms with Crippen molar-refractivity contribution in [2.24, 2.45) is 5.73 Å². The van der Waals surface area contributed by atoms with Crippen molar-refractivity contribution >= 4 is 18.3 Å². The summed E-state index contributed by atoms with van der Waals surface area (Å²) in [4.78, 5) is 13.6. The summed E-state index contributed by atoms with van der Waals surface area (Å²) in [5, 5.41) is 0. The molecule has 1 aromatic rings. The Hall–Kier alpha value is -1.26. The molecule has 1 fully saturated rings. The van der Waals surface area contributed by atoms with E-state index >= 15 is 0 Å². The van der Waals surface area contributed by atoms with Crippen LogP contribution in [0.5, 0.6) is 5.75 Å². The Labute approximate surface area is 114 Å². The van der Waals surface area contributed by atoms with Gasteiger partial charge in [0.1, 0.15) is 5.75 Å². The Morgan fingerprint density at radius 3 is 2.72 bits per heavy atom. The maximum atomic E-state index is 12.0. The normalized spacial score (nSPS) is 15.5. The number of carbonyl (C=O) groups is 1. The van der Waals surface area contributed by atoms with E-state index in [0.29, 0.717) is 6.54 Å². The number of amides is 1. The predicted molar refractivity (Wildman–Crippen MR) is 72.9 cm³/mol. The average molecular weight is 271 g/mol. The minimum absolute atomic E-state index is 0. The lowest BCUT2D eigenvalue weighted by atomic mass is 10.2. The number of nitrogens with zero attached hydrogens (tertiary/aromatic N) is 1. The van der Waals surface area contributed by atoms with Crippen LogP contribution in [0.25, 0.3) is 0 Å². The van der Waals surface area contributed by atoms with Crippen molar-refractivity contribution in [3.05, 3.63) is 29.8 Å². The highest BCUT2D eigenvalue weighted by Crippen LogP contribution is 2.34. The van der Waals surface area contributed by atoms with E-state index in [4.69, 9.17) is 10.5 Å². The molecule has 2 rings (SSSR count). The summed E-state index contributed by atoms with van der Waals surface area (Å²) in [5.74, 6) is 0.831. The molecule has 100 valence electrons. The number of ether oxygens (including phenoxy) is 1. The van der Waals surface area contributed by atoms with Crippen molar-refractivity contribution in [1.29, 1.82) is 0 Å². The highest BCUT2D eigenvalue weighted by atomic mass is 35.5. The van der Waals surface area contributed by atoms with Gasteiger partial charge < -0.3 is 15.4 Å². The Morgan fingerprint density at radius 2 is 2.17 bits per heavy atom. The molecule has 0 unspecified atom stereocenters. The zero-order valence-corrected chi connectivity index (χ0v) is 11.5. The SMILES string of the molecule is COc1cccc(CN(C)C(=O)C2(N)CC2)c1.Cl. The molecule has 0 heterocycles. The van der Waals surface area contributed by atoms with Gasteiger partial charge in [0, 0.05) is 13.6 Å². The van der Waals surface area contributed by atoms with Crippen molar-refractivity contribution in [1.82, 2.24) is 4.90 Å². The van der Waals surface area contributed by atoms with Crippen molar-refractivity contribution in [3.63, 3.8) is 0 Å². The summed E-state index contributed by atoms with van der Waals surface area (Å²) in [6.07, 6.45) is 1.60. The minimum atomic E-state index is -0.590. The Bertz CT molecular complexity index is 433. The van der Waals surface area contributed by atoms with Gasteiger partial charge in [0.15, 0.2) is 0 Å². The smallest absolute Gasteiger partial charge is 0.242 e. The van der Waals surface area contributed by atoms with Crippen LogP contribution in [0.4, 0.5) is 0 Å². The molecule has 0 aromatic heterocycles. The van der Waals surface area contributed by atoms with E-state index in [1.165, 1.54) is 0 Å². The fourth-order valence-electron chi connectivity index (χ4n) is 1.85. The lowest BCUT2D eigenvalue weighted by Crippen LogP contribution is -2.43. The van der Waals surface area contributed by atoms with E-state index in [-0.39, 0.29) is 18.3 Å². The number of likely N-dealkylation sites (N-methyl/N-ethyl adjacent to an activating group) is 1. The minimum Gasteiger partial charge on any atom is -0.497 e. The molecule has 1 aliphatic rings. The largest absolute Gasteiger partial charge is 0.497 e. The lowest BCUT2D eigenvalue weighted by molar-refractivity contribution is -0.132. The number of hydrogen-bond acceptors (Lipinski definition) is 3. The first-order valence-electron chi connectivity index (χ1n) is 5.72. The van der Waals surface area contributed by atoms with Gasteiger partial charge in [-0.25, -0.2) is 0 Å². The van der Waals surface area contributed by atoms with Crippen molar-refractivity contribution < 1.29 is 9.53 Å². The summed E-state index contributed by atoms with van der Waals surface area (Å²) >= 11 is 0. The predicted octanol–water partition coefficient (Wildman–Crippen LogP) is 1.57. The van der Waals surface area contributed by atoms with Gasteiger partial charge in [-0.15, -0.1) is 12.4 Å². The molecule has 1 amide bonds. The number of carbonyl (C=O) groups excluding carboxylic acids is 1. The van der Waals surface area contributed by atoms with Gasteiger partial charge in [0.25, 0.3) is 0 Å². The van der Waals surface area contributed by atoms with Gasteiger partial charge in [-0.3, -0.25) is 4.79 Å². The summed E-state index contributed by atoms with van der Waals surface area (Å²) in [6, 6.07) is 7.71. The van der Waals surface area contributed by atoms with E-state index in [0.717, 1.165) is 24.2 Å². The quantitative estimate of drug-likeness (QED) is 0.904. The van der Waals surface area contributed by atoms with Gasteiger partial charge in [-0.2, -0.15) is 0 Å². The number of halogens is 1. The van der Waals surface area contributed by atoms with E-state index in [1.54, 1.807) is 19.1 Å². The van der Waals surface area contributed by atoms with E-state index in [9.17, 15) is 4.79 Å². The van der Waals surface area contributed by atoms with Crippen LogP contribution in [0.2, 0.25) is 0 Å². The molecular formula is C13H19ClN2O2. The van der Waals surface area contributed by atoms with E-state index < -0.39 is 5.54 Å². The lowest BCUT2D eigenvalue weighted by Gasteiger charge is -2.21. The van der Waals surface area contributed by atoms with Crippen molar-refractivity contribution in [2.45, 2.75) is 24.9 Å². The molecule has 4 nitrogen and oxygen atoms in total. The second-order valence-electron chi connectivity index (χ2n) is 4.67. The summed E-state index contributed by atoms with van der Waals surface area (Å²) in [7, 11) is 3.42. The molecule has 0 radical (unpaired) electrons. The number of benzene rings is 1. The first kappa shape index (κ1) is 14.8. The topological polar surface area (TPSA) is 55.6 Å². The standard InChI is InChI=1S/C13H18N2O2.ClH/c1-15(12(16)13(14)6-7-13)9-10-4-3-5-11(8-10)17-2;/h3-5,8H,6-7,9,14H2,1-2H3;1H. The van der Waals surface area contributed by atoms with Crippen LogP contribution in [-0.4, -0.2) is 30.5 Å². The maximum Gasteiger partial charge on any atom is 0.242 e. The molecule has 0 aliphatic heterocycles. The fourth-order valence-corrected chi connectivity index (χ4v) is 1.85. The van der Waals surface area contributed by atoms with Crippen LogP contribution < -0.4 is 10.5 Å². The second kappa shape index (κ2) is 5.59. The van der Waals surface area contributed by atoms with Crippen LogP contribution >= 0.6 is 12.4 Å². The Kier molecular flexibility index (Phi) is 4.59. The molecule has 1 aliphatic carbocycles. The van der Waals surface area contributed by atoms with Gasteiger partial charge in [0.2, 0.25) is 5.91 Å². The van der Waals surface area contributed by atoms with Gasteiger partial charge >= 0.3 is 0 Å². The van der Waals surface area contributed by atoms with Crippen LogP contribution in [0, 0.1) is 0 Å². The van der Waals surface area contributed by atoms with Crippen molar-refractivity contribution in [3.8, 4) is 5.75 Å². The highest BCUT2D eigenvalue weighted by molar-refractivity contribution is 5.88. The van der Waals surface area contributed by atoms with Crippen LogP contribution in [0.1, 0.15) is 18.4 Å². The maximum absolute atomic E-state index is 12.0. The molecule has 1 aromatic carbocycles. The average Bonchev–Trinajstić information content (AvgIpc) is 3.08. The second-order valence-corrected chi connectivity index (χ2v) is 4.67. The van der Waals surface area contributed by atoms with Gasteiger partial charge in [0.05, 0.1) is 12.6 Å². The first-order chi connectivity index (χ1) is 8.05. The molecule has 5 heteroatoms. The number of nitrogens with two attached hydrogens (primary N) is 1. The number of hydrogen-bond donors (Lipinski definition) is 1. The summed E-state index contributed by atoms with van der Waals surface area (Å²) < 4.78 is 5.15. The Balaban J connectivity index is 0.00000162. The van der Waals surface area contributed by atoms with Crippen LogP contribution in [0.15, 0.2) is 24.3 Å². The zero-order chi connectivity index (χ0) is 12.5. The summed E-state index contributed by atoms with van der Waals surface area (Å²) in [6.45, 7) is 0.564. The molecule has 1 saturated carbocycles. The molecule has 2 N–H and O–H groups in total. The summed E-state index contributed by atoms with van der Waals surface area (Å²) in [5.41, 5.74) is 6.34. The molecule has 0 saturated heterocycles. The third-order valence-electron chi connectivity index (χ3n) is 3.12. The fraction of sp³-hybridized carbons (Fsp3) is 0.462. The highest BCUT2D eigenvalue weighted by Gasteiger charge is 2.47. The molecule has 18 heavy (non-hydrogen) atoms. The number of methoxy groups -OCH3 is 1. The van der Waals surface area contributed by atoms with E-state index in [1.807, 2.05) is 24.3 Å². The van der Waals surface area contributed by atoms with Crippen LogP contribution in [-0.2, 0) is 11.3 Å². The zero-order valence-electron chi connectivity index (χ0n) is 10.7. The first-order valence-corrected chi connectivity index (χ1v) is 5.72. The molecule has 0 spiro atoms. The monoisotopic (exact) mass is 270 g/mol. The molecule has 0 bridgehead atoms. The molecule has 0 atom stereocenters. The van der Waals surface area contributed by atoms with Gasteiger partial charge in [-0.05, 0) is 30.5 Å². The Morgan fingerprint density at radius 1 is 1.50 bits per heavy atom. The van der Waals surface area contributed by atoms with Crippen molar-refractivity contribution in [2.75, 3.05) is 14.2 Å². The van der Waals surface area contributed by atoms with Crippen LogP contribution in [0.3, 0.4) is 0 Å². The number of rotatable bonds is 4. The third kappa shape index (κ3) is 3.15. The van der Waals surface area contributed by atoms with E-state index in [2.05, 4.69) is 0 Å².